The molecule has 4 aliphatic rings. The molecule has 0 unspecified atom stereocenters. The summed E-state index contributed by atoms with van der Waals surface area (Å²) in [5.74, 6) is -1.08. The van der Waals surface area contributed by atoms with Crippen molar-refractivity contribution >= 4 is 91.3 Å². The van der Waals surface area contributed by atoms with Gasteiger partial charge in [-0.1, -0.05) is 0 Å². The van der Waals surface area contributed by atoms with Gasteiger partial charge in [-0.25, -0.2) is 0 Å². The second-order valence-corrected chi connectivity index (χ2v) is 24.7. The minimum atomic E-state index is -1.31. The minimum Gasteiger partial charge on any atom is -0.388 e. The molecule has 4 saturated heterocycles. The zero-order valence-corrected chi connectivity index (χ0v) is 58.3. The number of ether oxygens (including phenoxy) is 17. The van der Waals surface area contributed by atoms with E-state index in [1.165, 1.54) is 6.07 Å². The van der Waals surface area contributed by atoms with Crippen molar-refractivity contribution in [3.05, 3.63) is 49.0 Å². The van der Waals surface area contributed by atoms with Gasteiger partial charge in [0.05, 0.1) is 200 Å². The number of aromatic nitrogens is 4. The molecule has 7 rings (SSSR count). The maximum atomic E-state index is 12.9. The van der Waals surface area contributed by atoms with E-state index in [0.29, 0.717) is 23.5 Å². The first kappa shape index (κ1) is 83.0. The van der Waals surface area contributed by atoms with Crippen molar-refractivity contribution < 1.29 is 125 Å². The van der Waals surface area contributed by atoms with Crippen LogP contribution in [-0.4, -0.2) is 338 Å². The van der Waals surface area contributed by atoms with Crippen molar-refractivity contribution in [1.29, 1.82) is 0 Å². The van der Waals surface area contributed by atoms with Gasteiger partial charge in [-0.15, -0.1) is 0 Å². The van der Waals surface area contributed by atoms with Crippen LogP contribution in [0.3, 0.4) is 0 Å². The third kappa shape index (κ3) is 28.9. The van der Waals surface area contributed by atoms with E-state index in [-0.39, 0.29) is 232 Å². The Hall–Kier alpha value is -5.31. The number of nitro groups is 2. The molecule has 4 bridgehead atoms. The molecule has 3 aromatic rings. The summed E-state index contributed by atoms with van der Waals surface area (Å²) in [5.41, 5.74) is -3.23. The fourth-order valence-corrected chi connectivity index (χ4v) is 11.5. The minimum absolute atomic E-state index is 0.00964. The van der Waals surface area contributed by atoms with Crippen molar-refractivity contribution in [2.24, 2.45) is 0 Å². The van der Waals surface area contributed by atoms with E-state index in [4.69, 9.17) is 104 Å². The van der Waals surface area contributed by atoms with E-state index in [9.17, 15) is 55.0 Å². The number of amides is 3. The summed E-state index contributed by atoms with van der Waals surface area (Å²) in [6, 6.07) is 0.993. The number of fused-ring (bicyclic) bond motifs is 4. The summed E-state index contributed by atoms with van der Waals surface area (Å²) in [7, 11) is 0. The zero-order valence-electron chi connectivity index (χ0n) is 55.1. The number of rotatable bonds is 57. The number of hydrogen-bond donors (Lipinski definition) is 10. The highest BCUT2D eigenvalue weighted by Gasteiger charge is 2.61. The number of nitro benzene ring substituents is 2. The van der Waals surface area contributed by atoms with Gasteiger partial charge in [-0.2, -0.15) is 18.7 Å². The quantitative estimate of drug-likeness (QED) is 0.0171. The van der Waals surface area contributed by atoms with Crippen LogP contribution >= 0.6 is 46.3 Å². The Labute approximate surface area is 597 Å². The normalized spacial score (nSPS) is 22.9. The van der Waals surface area contributed by atoms with Crippen LogP contribution in [0.4, 0.5) is 27.3 Å². The molecular formula is C57H88Cl2N12O28S2. The van der Waals surface area contributed by atoms with Gasteiger partial charge in [0, 0.05) is 61.6 Å². The number of carbonyl (C=O) groups is 3. The number of benzene rings is 1. The van der Waals surface area contributed by atoms with E-state index in [2.05, 4.69) is 50.6 Å². The van der Waals surface area contributed by atoms with Gasteiger partial charge in [0.1, 0.15) is 60.0 Å². The van der Waals surface area contributed by atoms with Gasteiger partial charge < -0.3 is 133 Å². The Balaban J connectivity index is 0.672. The lowest BCUT2D eigenvalue weighted by Crippen LogP contribution is -2.64. The molecule has 4 fully saturated rings. The monoisotopic (exact) mass is 1520 g/mol. The summed E-state index contributed by atoms with van der Waals surface area (Å²) in [6.45, 7) is 4.49. The number of aliphatic hydroxyl groups excluding tert-OH is 4. The third-order valence-corrected chi connectivity index (χ3v) is 16.9. The van der Waals surface area contributed by atoms with E-state index in [1.807, 2.05) is 0 Å². The van der Waals surface area contributed by atoms with Crippen molar-refractivity contribution in [1.82, 2.24) is 34.7 Å². The second kappa shape index (κ2) is 45.8. The topological polar surface area (TPSA) is 499 Å². The number of carbonyl (C=O) groups excluding carboxylic acids is 3. The van der Waals surface area contributed by atoms with Crippen molar-refractivity contribution in [3.63, 3.8) is 0 Å². The number of aliphatic hydroxyl groups is 4. The smallest absolute Gasteiger partial charge is 0.299 e. The lowest BCUT2D eigenvalue weighted by atomic mass is 9.88. The standard InChI is InChI=1S/C57H88Cl2N12O28S2/c58-52-66-54(100-68-52)64-44-46(75)48(77)56(35-96-50(44)98-56)33-94-27-24-89-21-19-86-16-14-84-11-6-61-41(72)3-8-91-30-37(63-43(74)32-93-26-23-88-18-13-83-10-5-60-39-2-1-38(70(79)80)29-40(39)71(81)82)31-92-9-4-42(73)62-7-12-85-15-17-87-20-22-90-25-28-95-34-57-36-97-51(99-57)45(47(76)49(57)78)65-55-67-53(59)69-101-55/h1-2,29,37,44-51,60,75-78H,3-28,30-36H2,(H,61,72)(H,62,73)(H,63,74)(H,64,66,68)(H,65,67,69)/t44-,45-,46-,47-,48-,49-,50+,51+,56+,57+/m1/s1. The SMILES string of the molecule is O=C(CCOCC(COCCC(=O)NCCOCCOCCOCCOC[C@@]12CO[C@@H](O1)[C@H](Nc1nc(Cl)ns1)[C@@H](O)[C@H]2O)NC(=O)COCCOCCOCCNc1ccc([N+](=O)[O-])cc1[N+](=O)[O-])NCCOCCOCCOCCOC[C@@]12CO[C@@H](O1)[C@H](Nc1nc(Cl)ns1)[C@@H](O)[C@H]2O. The average molecular weight is 1520 g/mol. The van der Waals surface area contributed by atoms with Crippen molar-refractivity contribution in [2.75, 3.05) is 221 Å². The fourth-order valence-electron chi connectivity index (χ4n) is 9.98. The Morgan fingerprint density at radius 1 is 0.545 bits per heavy atom. The number of anilines is 3. The van der Waals surface area contributed by atoms with Gasteiger partial charge in [-0.3, -0.25) is 34.6 Å². The molecule has 0 saturated carbocycles. The highest BCUT2D eigenvalue weighted by atomic mass is 35.5. The maximum Gasteiger partial charge on any atom is 0.299 e. The van der Waals surface area contributed by atoms with Gasteiger partial charge in [0.15, 0.2) is 12.6 Å². The van der Waals surface area contributed by atoms with Crippen LogP contribution in [0.15, 0.2) is 18.2 Å². The molecule has 3 amide bonds. The van der Waals surface area contributed by atoms with E-state index in [1.54, 1.807) is 0 Å². The first-order valence-corrected chi connectivity index (χ1v) is 34.6. The molecule has 4 aliphatic heterocycles. The van der Waals surface area contributed by atoms with Crippen LogP contribution in [0.1, 0.15) is 12.8 Å². The Bertz CT molecular complexity index is 2800. The zero-order chi connectivity index (χ0) is 72.1. The van der Waals surface area contributed by atoms with Crippen LogP contribution in [-0.2, 0) is 94.9 Å². The van der Waals surface area contributed by atoms with Crippen LogP contribution in [0.2, 0.25) is 10.6 Å². The molecule has 0 spiro atoms. The van der Waals surface area contributed by atoms with E-state index in [0.717, 1.165) is 35.2 Å². The fraction of sp³-hybridized carbons (Fsp3) is 0.772. The molecule has 570 valence electrons. The van der Waals surface area contributed by atoms with Crippen LogP contribution in [0.5, 0.6) is 0 Å². The van der Waals surface area contributed by atoms with Gasteiger partial charge in [0.25, 0.3) is 11.4 Å². The van der Waals surface area contributed by atoms with E-state index < -0.39 is 93.5 Å². The first-order valence-electron chi connectivity index (χ1n) is 32.3. The Morgan fingerprint density at radius 3 is 1.36 bits per heavy atom. The molecule has 44 heteroatoms. The van der Waals surface area contributed by atoms with Crippen molar-refractivity contribution in [3.8, 4) is 0 Å². The Morgan fingerprint density at radius 2 is 0.950 bits per heavy atom. The van der Waals surface area contributed by atoms with Crippen LogP contribution in [0.25, 0.3) is 0 Å². The molecule has 0 radical (unpaired) electrons. The first-order chi connectivity index (χ1) is 49.0. The molecule has 40 nitrogen and oxygen atoms in total. The number of nitrogens with zero attached hydrogens (tertiary/aromatic N) is 6. The predicted octanol–water partition coefficient (Wildman–Crippen LogP) is -1.71. The summed E-state index contributed by atoms with van der Waals surface area (Å²) < 4.78 is 104. The number of hydrogen-bond acceptors (Lipinski definition) is 37. The molecule has 2 aromatic heterocycles. The summed E-state index contributed by atoms with van der Waals surface area (Å²) >= 11 is 13.6. The van der Waals surface area contributed by atoms with Crippen LogP contribution < -0.4 is 31.9 Å². The van der Waals surface area contributed by atoms with Crippen LogP contribution in [0, 0.1) is 20.2 Å². The molecular weight excluding hydrogens is 1440 g/mol. The molecule has 0 aliphatic carbocycles. The Kier molecular flexibility index (Phi) is 37.6. The van der Waals surface area contributed by atoms with Crippen molar-refractivity contribution in [2.45, 2.75) is 79.2 Å². The highest BCUT2D eigenvalue weighted by Crippen LogP contribution is 2.40. The predicted molar refractivity (Wildman–Crippen MR) is 352 cm³/mol. The third-order valence-electron chi connectivity index (χ3n) is 15.1. The van der Waals surface area contributed by atoms with Gasteiger partial charge >= 0.3 is 0 Å². The van der Waals surface area contributed by atoms with Gasteiger partial charge in [0.2, 0.25) is 38.6 Å². The van der Waals surface area contributed by atoms with E-state index >= 15 is 0 Å². The summed E-state index contributed by atoms with van der Waals surface area (Å²) in [6.07, 6.45) is -6.80. The lowest BCUT2D eigenvalue weighted by Gasteiger charge is -2.42. The summed E-state index contributed by atoms with van der Waals surface area (Å²) in [4.78, 5) is 66.9. The molecule has 1 aromatic carbocycles. The van der Waals surface area contributed by atoms with Gasteiger partial charge in [-0.05, 0) is 29.3 Å². The lowest BCUT2D eigenvalue weighted by molar-refractivity contribution is -0.393. The molecule has 101 heavy (non-hydrogen) atoms. The molecule has 10 N–H and O–H groups in total. The molecule has 10 atom stereocenters. The molecule has 6 heterocycles. The largest absolute Gasteiger partial charge is 0.388 e. The number of non-ortho nitro benzene ring substituents is 1. The second-order valence-electron chi connectivity index (χ2n) is 22.5. The highest BCUT2D eigenvalue weighted by molar-refractivity contribution is 7.10. The number of halogens is 2. The maximum absolute atomic E-state index is 12.9. The average Bonchev–Trinajstić information content (AvgIpc) is 1.63. The summed E-state index contributed by atoms with van der Waals surface area (Å²) in [5, 5.41) is 83.5. The number of nitrogens with one attached hydrogen (secondary N) is 6.